The van der Waals surface area contributed by atoms with Crippen molar-refractivity contribution in [2.75, 3.05) is 6.54 Å². The van der Waals surface area contributed by atoms with Gasteiger partial charge < -0.3 is 13.9 Å². The van der Waals surface area contributed by atoms with Crippen molar-refractivity contribution in [2.45, 2.75) is 65.3 Å². The summed E-state index contributed by atoms with van der Waals surface area (Å²) in [7, 11) is 0. The molecule has 0 N–H and O–H groups in total. The fourth-order valence-electron chi connectivity index (χ4n) is 3.19. The molecule has 0 bridgehead atoms. The lowest BCUT2D eigenvalue weighted by Crippen LogP contribution is -2.31. The van der Waals surface area contributed by atoms with Gasteiger partial charge in [0.15, 0.2) is 5.82 Å². The molecule has 0 radical (unpaired) electrons. The molecule has 3 heterocycles. The van der Waals surface area contributed by atoms with E-state index < -0.39 is 0 Å². The van der Waals surface area contributed by atoms with Gasteiger partial charge in [0.1, 0.15) is 5.76 Å². The first-order valence-electron chi connectivity index (χ1n) is 8.52. The highest BCUT2D eigenvalue weighted by atomic mass is 16.5. The van der Waals surface area contributed by atoms with Gasteiger partial charge in [0.2, 0.25) is 11.8 Å². The largest absolute Gasteiger partial charge is 0.361 e. The molecular weight excluding hydrogens is 308 g/mol. The van der Waals surface area contributed by atoms with E-state index >= 15 is 0 Å². The van der Waals surface area contributed by atoms with Crippen molar-refractivity contribution >= 4 is 5.91 Å². The van der Waals surface area contributed by atoms with Crippen LogP contribution in [0.4, 0.5) is 0 Å². The summed E-state index contributed by atoms with van der Waals surface area (Å²) in [6.07, 6.45) is 2.93. The summed E-state index contributed by atoms with van der Waals surface area (Å²) < 4.78 is 10.5. The molecule has 1 fully saturated rings. The number of nitrogens with zero attached hydrogens (tertiary/aromatic N) is 4. The zero-order chi connectivity index (χ0) is 17.3. The first-order chi connectivity index (χ1) is 11.5. The zero-order valence-corrected chi connectivity index (χ0v) is 14.7. The van der Waals surface area contributed by atoms with Gasteiger partial charge in [0, 0.05) is 24.4 Å². The van der Waals surface area contributed by atoms with Crippen molar-refractivity contribution in [3.63, 3.8) is 0 Å². The van der Waals surface area contributed by atoms with E-state index in [9.17, 15) is 4.79 Å². The quantitative estimate of drug-likeness (QED) is 0.836. The molecule has 0 spiro atoms. The second kappa shape index (κ2) is 6.75. The van der Waals surface area contributed by atoms with Gasteiger partial charge >= 0.3 is 0 Å². The minimum absolute atomic E-state index is 0.0709. The monoisotopic (exact) mass is 332 g/mol. The Bertz CT molecular complexity index is 700. The fraction of sp³-hybridized carbons (Fsp3) is 0.647. The summed E-state index contributed by atoms with van der Waals surface area (Å²) in [5, 5.41) is 8.03. The number of rotatable bonds is 5. The third-order valence-corrected chi connectivity index (χ3v) is 4.59. The van der Waals surface area contributed by atoms with Crippen LogP contribution in [-0.4, -0.2) is 32.6 Å². The van der Waals surface area contributed by atoms with E-state index in [1.54, 1.807) is 0 Å². The molecule has 1 atom stereocenters. The molecule has 130 valence electrons. The van der Waals surface area contributed by atoms with Crippen molar-refractivity contribution in [1.29, 1.82) is 0 Å². The Labute approximate surface area is 141 Å². The SMILES string of the molecule is Cc1noc(C)c1CCC(=O)N1CCC[C@H]1c1noc(C(C)C)n1. The van der Waals surface area contributed by atoms with Gasteiger partial charge in [0.25, 0.3) is 0 Å². The van der Waals surface area contributed by atoms with Gasteiger partial charge in [-0.05, 0) is 33.1 Å². The average Bonchev–Trinajstić information content (AvgIpc) is 3.25. The van der Waals surface area contributed by atoms with Gasteiger partial charge in [0.05, 0.1) is 11.7 Å². The zero-order valence-electron chi connectivity index (χ0n) is 14.7. The summed E-state index contributed by atoms with van der Waals surface area (Å²) in [4.78, 5) is 19.0. The van der Waals surface area contributed by atoms with E-state index in [0.717, 1.165) is 36.4 Å². The highest BCUT2D eigenvalue weighted by Crippen LogP contribution is 2.31. The summed E-state index contributed by atoms with van der Waals surface area (Å²) in [5.74, 6) is 2.35. The van der Waals surface area contributed by atoms with Crippen molar-refractivity contribution < 1.29 is 13.8 Å². The Hall–Kier alpha value is -2.18. The van der Waals surface area contributed by atoms with Crippen molar-refractivity contribution in [1.82, 2.24) is 20.2 Å². The van der Waals surface area contributed by atoms with Crippen LogP contribution in [0.25, 0.3) is 0 Å². The summed E-state index contributed by atoms with van der Waals surface area (Å²) in [6.45, 7) is 8.56. The molecule has 1 aliphatic heterocycles. The molecule has 2 aromatic heterocycles. The normalized spacial score (nSPS) is 17.9. The molecule has 0 aromatic carbocycles. The van der Waals surface area contributed by atoms with Gasteiger partial charge in [-0.2, -0.15) is 4.98 Å². The van der Waals surface area contributed by atoms with E-state index in [-0.39, 0.29) is 17.9 Å². The number of aryl methyl sites for hydroxylation is 2. The van der Waals surface area contributed by atoms with Crippen molar-refractivity contribution in [3.05, 3.63) is 28.7 Å². The van der Waals surface area contributed by atoms with Gasteiger partial charge in [-0.25, -0.2) is 0 Å². The van der Waals surface area contributed by atoms with Crippen molar-refractivity contribution in [2.24, 2.45) is 0 Å². The predicted octanol–water partition coefficient (Wildman–Crippen LogP) is 3.09. The lowest BCUT2D eigenvalue weighted by molar-refractivity contribution is -0.132. The second-order valence-electron chi connectivity index (χ2n) is 6.69. The summed E-state index contributed by atoms with van der Waals surface area (Å²) in [5.41, 5.74) is 1.89. The summed E-state index contributed by atoms with van der Waals surface area (Å²) in [6, 6.07) is -0.0709. The number of aromatic nitrogens is 3. The third-order valence-electron chi connectivity index (χ3n) is 4.59. The van der Waals surface area contributed by atoms with Gasteiger partial charge in [-0.15, -0.1) is 0 Å². The molecule has 7 nitrogen and oxygen atoms in total. The van der Waals surface area contributed by atoms with E-state index in [0.29, 0.717) is 24.6 Å². The number of carbonyl (C=O) groups is 1. The Morgan fingerprint density at radius 1 is 1.29 bits per heavy atom. The topological polar surface area (TPSA) is 85.3 Å². The molecule has 24 heavy (non-hydrogen) atoms. The van der Waals surface area contributed by atoms with Crippen LogP contribution < -0.4 is 0 Å². The lowest BCUT2D eigenvalue weighted by atomic mass is 10.1. The molecule has 1 aliphatic rings. The van der Waals surface area contributed by atoms with Gasteiger partial charge in [-0.1, -0.05) is 24.2 Å². The molecule has 3 rings (SSSR count). The molecule has 0 unspecified atom stereocenters. The van der Waals surface area contributed by atoms with E-state index in [2.05, 4.69) is 15.3 Å². The standard InChI is InChI=1S/C17H24N4O3/c1-10(2)17-18-16(20-24-17)14-6-5-9-21(14)15(22)8-7-13-11(3)19-23-12(13)4/h10,14H,5-9H2,1-4H3/t14-/m0/s1. The van der Waals surface area contributed by atoms with Crippen LogP contribution in [0.15, 0.2) is 9.05 Å². The minimum atomic E-state index is -0.0709. The van der Waals surface area contributed by atoms with Crippen LogP contribution in [0.3, 0.4) is 0 Å². The number of amides is 1. The maximum absolute atomic E-state index is 12.7. The molecular formula is C17H24N4O3. The van der Waals surface area contributed by atoms with Crippen LogP contribution in [-0.2, 0) is 11.2 Å². The first kappa shape index (κ1) is 16.7. The van der Waals surface area contributed by atoms with E-state index in [4.69, 9.17) is 9.05 Å². The minimum Gasteiger partial charge on any atom is -0.361 e. The van der Waals surface area contributed by atoms with E-state index in [1.165, 1.54) is 0 Å². The molecule has 1 amide bonds. The van der Waals surface area contributed by atoms with E-state index in [1.807, 2.05) is 32.6 Å². The second-order valence-corrected chi connectivity index (χ2v) is 6.69. The van der Waals surface area contributed by atoms with Gasteiger partial charge in [-0.3, -0.25) is 4.79 Å². The number of hydrogen-bond acceptors (Lipinski definition) is 6. The Morgan fingerprint density at radius 2 is 2.08 bits per heavy atom. The fourth-order valence-corrected chi connectivity index (χ4v) is 3.19. The summed E-state index contributed by atoms with van der Waals surface area (Å²) >= 11 is 0. The average molecular weight is 332 g/mol. The molecule has 7 heteroatoms. The predicted molar refractivity (Wildman–Crippen MR) is 86.4 cm³/mol. The number of carbonyl (C=O) groups excluding carboxylic acids is 1. The van der Waals surface area contributed by atoms with Crippen LogP contribution in [0.1, 0.15) is 73.8 Å². The highest BCUT2D eigenvalue weighted by Gasteiger charge is 2.33. The Balaban J connectivity index is 1.67. The van der Waals surface area contributed by atoms with Crippen LogP contribution in [0, 0.1) is 13.8 Å². The molecule has 0 saturated carbocycles. The number of likely N-dealkylation sites (tertiary alicyclic amines) is 1. The smallest absolute Gasteiger partial charge is 0.229 e. The number of hydrogen-bond donors (Lipinski definition) is 0. The lowest BCUT2D eigenvalue weighted by Gasteiger charge is -2.22. The maximum atomic E-state index is 12.7. The van der Waals surface area contributed by atoms with Crippen LogP contribution in [0.2, 0.25) is 0 Å². The Morgan fingerprint density at radius 3 is 2.71 bits per heavy atom. The van der Waals surface area contributed by atoms with Crippen LogP contribution in [0.5, 0.6) is 0 Å². The molecule has 1 saturated heterocycles. The molecule has 0 aliphatic carbocycles. The third kappa shape index (κ3) is 3.20. The maximum Gasteiger partial charge on any atom is 0.229 e. The molecule has 2 aromatic rings. The van der Waals surface area contributed by atoms with Crippen LogP contribution >= 0.6 is 0 Å². The Kier molecular flexibility index (Phi) is 4.69. The first-order valence-corrected chi connectivity index (χ1v) is 8.52. The van der Waals surface area contributed by atoms with Crippen molar-refractivity contribution in [3.8, 4) is 0 Å². The highest BCUT2D eigenvalue weighted by molar-refractivity contribution is 5.77.